The molecular weight excluding hydrogens is 300 g/mol. The van der Waals surface area contributed by atoms with Crippen molar-refractivity contribution in [2.75, 3.05) is 6.54 Å². The van der Waals surface area contributed by atoms with Crippen LogP contribution in [0.25, 0.3) is 10.9 Å². The Morgan fingerprint density at radius 1 is 1.12 bits per heavy atom. The number of carbonyl (C=O) groups excluding carboxylic acids is 1. The van der Waals surface area contributed by atoms with E-state index in [4.69, 9.17) is 0 Å². The van der Waals surface area contributed by atoms with Crippen LogP contribution in [0.15, 0.2) is 24.3 Å². The van der Waals surface area contributed by atoms with Gasteiger partial charge in [0.25, 0.3) is 5.91 Å². The van der Waals surface area contributed by atoms with E-state index in [2.05, 4.69) is 26.6 Å². The molecule has 0 aliphatic carbocycles. The van der Waals surface area contributed by atoms with Gasteiger partial charge in [-0.1, -0.05) is 11.6 Å². The van der Waals surface area contributed by atoms with E-state index in [1.165, 1.54) is 5.56 Å². The Kier molecular flexibility index (Phi) is 4.34. The number of aromatic amines is 1. The molecule has 5 nitrogen and oxygen atoms in total. The molecular formula is C19H22N4O. The Morgan fingerprint density at radius 3 is 2.62 bits per heavy atom. The quantitative estimate of drug-likeness (QED) is 0.775. The summed E-state index contributed by atoms with van der Waals surface area (Å²) >= 11 is 0. The zero-order valence-electron chi connectivity index (χ0n) is 14.5. The molecule has 124 valence electrons. The largest absolute Gasteiger partial charge is 0.352 e. The number of carbonyl (C=O) groups is 1. The fourth-order valence-electron chi connectivity index (χ4n) is 2.96. The van der Waals surface area contributed by atoms with Crippen molar-refractivity contribution in [3.63, 3.8) is 0 Å². The lowest BCUT2D eigenvalue weighted by atomic mass is 10.1. The lowest BCUT2D eigenvalue weighted by Gasteiger charge is -2.09. The van der Waals surface area contributed by atoms with Crippen molar-refractivity contribution in [1.29, 1.82) is 0 Å². The van der Waals surface area contributed by atoms with E-state index in [1.54, 1.807) is 0 Å². The van der Waals surface area contributed by atoms with Crippen molar-refractivity contribution in [2.45, 2.75) is 34.1 Å². The lowest BCUT2D eigenvalue weighted by Crippen LogP contribution is -2.26. The smallest absolute Gasteiger partial charge is 0.253 e. The maximum atomic E-state index is 12.5. The van der Waals surface area contributed by atoms with E-state index in [1.807, 2.05) is 45.9 Å². The molecule has 2 heterocycles. The van der Waals surface area contributed by atoms with Gasteiger partial charge in [0.05, 0.1) is 22.5 Å². The zero-order chi connectivity index (χ0) is 17.3. The predicted octanol–water partition coefficient (Wildman–Crippen LogP) is 3.16. The van der Waals surface area contributed by atoms with Gasteiger partial charge in [0.15, 0.2) is 0 Å². The van der Waals surface area contributed by atoms with E-state index in [0.29, 0.717) is 12.1 Å². The topological polar surface area (TPSA) is 70.7 Å². The molecule has 0 spiro atoms. The molecule has 2 aromatic heterocycles. The van der Waals surface area contributed by atoms with E-state index in [9.17, 15) is 4.79 Å². The highest BCUT2D eigenvalue weighted by Gasteiger charge is 2.12. The molecule has 0 unspecified atom stereocenters. The molecule has 0 aliphatic rings. The fourth-order valence-corrected chi connectivity index (χ4v) is 2.96. The third-order valence-electron chi connectivity index (χ3n) is 4.35. The highest BCUT2D eigenvalue weighted by Crippen LogP contribution is 2.18. The number of rotatable bonds is 4. The summed E-state index contributed by atoms with van der Waals surface area (Å²) in [7, 11) is 0. The summed E-state index contributed by atoms with van der Waals surface area (Å²) in [6, 6.07) is 8.00. The summed E-state index contributed by atoms with van der Waals surface area (Å²) < 4.78 is 0. The maximum absolute atomic E-state index is 12.5. The summed E-state index contributed by atoms with van der Waals surface area (Å²) in [6.45, 7) is 8.45. The van der Waals surface area contributed by atoms with Crippen molar-refractivity contribution in [3.05, 3.63) is 58.0 Å². The Labute approximate surface area is 141 Å². The molecule has 2 N–H and O–H groups in total. The minimum atomic E-state index is -0.0813. The average molecular weight is 322 g/mol. The number of H-pyrrole nitrogens is 1. The van der Waals surface area contributed by atoms with Crippen molar-refractivity contribution in [2.24, 2.45) is 0 Å². The number of hydrogen-bond acceptors (Lipinski definition) is 3. The number of pyridine rings is 1. The second-order valence-electron chi connectivity index (χ2n) is 6.24. The van der Waals surface area contributed by atoms with Crippen molar-refractivity contribution in [1.82, 2.24) is 20.5 Å². The summed E-state index contributed by atoms with van der Waals surface area (Å²) in [6.07, 6.45) is 0.763. The van der Waals surface area contributed by atoms with Crippen molar-refractivity contribution >= 4 is 16.8 Å². The van der Waals surface area contributed by atoms with Crippen LogP contribution in [0.4, 0.5) is 0 Å². The van der Waals surface area contributed by atoms with Gasteiger partial charge < -0.3 is 5.32 Å². The van der Waals surface area contributed by atoms with Gasteiger partial charge in [0, 0.05) is 17.6 Å². The zero-order valence-corrected chi connectivity index (χ0v) is 14.5. The number of amides is 1. The van der Waals surface area contributed by atoms with Crippen LogP contribution in [-0.4, -0.2) is 27.6 Å². The molecule has 0 aliphatic heterocycles. The summed E-state index contributed by atoms with van der Waals surface area (Å²) in [5, 5.41) is 11.1. The van der Waals surface area contributed by atoms with Gasteiger partial charge in [-0.05, 0) is 57.9 Å². The number of nitrogens with zero attached hydrogens (tertiary/aromatic N) is 2. The Morgan fingerprint density at radius 2 is 1.92 bits per heavy atom. The van der Waals surface area contributed by atoms with Crippen LogP contribution in [0.2, 0.25) is 0 Å². The second-order valence-corrected chi connectivity index (χ2v) is 6.24. The van der Waals surface area contributed by atoms with Crippen LogP contribution in [-0.2, 0) is 6.42 Å². The van der Waals surface area contributed by atoms with Gasteiger partial charge in [0.1, 0.15) is 0 Å². The maximum Gasteiger partial charge on any atom is 0.253 e. The van der Waals surface area contributed by atoms with Crippen molar-refractivity contribution < 1.29 is 4.79 Å². The summed E-state index contributed by atoms with van der Waals surface area (Å²) in [5.41, 5.74) is 6.67. The van der Waals surface area contributed by atoms with Crippen LogP contribution in [0.5, 0.6) is 0 Å². The Bertz CT molecular complexity index is 892. The number of nitrogens with one attached hydrogen (secondary N) is 2. The molecule has 5 heteroatoms. The molecule has 3 rings (SSSR count). The number of hydrogen-bond donors (Lipinski definition) is 2. The van der Waals surface area contributed by atoms with Gasteiger partial charge in [0.2, 0.25) is 0 Å². The van der Waals surface area contributed by atoms with Gasteiger partial charge in [-0.3, -0.25) is 14.9 Å². The van der Waals surface area contributed by atoms with Crippen LogP contribution >= 0.6 is 0 Å². The highest BCUT2D eigenvalue weighted by atomic mass is 16.1. The summed E-state index contributed by atoms with van der Waals surface area (Å²) in [4.78, 5) is 17.1. The molecule has 0 saturated carbocycles. The molecule has 0 fully saturated rings. The van der Waals surface area contributed by atoms with Crippen LogP contribution < -0.4 is 5.32 Å². The fraction of sp³-hybridized carbons (Fsp3) is 0.316. The third kappa shape index (κ3) is 3.15. The highest BCUT2D eigenvalue weighted by molar-refractivity contribution is 5.98. The van der Waals surface area contributed by atoms with Crippen LogP contribution in [0.1, 0.15) is 38.6 Å². The third-order valence-corrected chi connectivity index (χ3v) is 4.35. The Balaban J connectivity index is 1.75. The first-order valence-corrected chi connectivity index (χ1v) is 8.12. The molecule has 3 aromatic rings. The first-order chi connectivity index (χ1) is 11.5. The molecule has 24 heavy (non-hydrogen) atoms. The molecule has 0 atom stereocenters. The minimum Gasteiger partial charge on any atom is -0.352 e. The monoisotopic (exact) mass is 322 g/mol. The summed E-state index contributed by atoms with van der Waals surface area (Å²) in [5.74, 6) is -0.0813. The van der Waals surface area contributed by atoms with Crippen LogP contribution in [0, 0.1) is 27.7 Å². The predicted molar refractivity (Wildman–Crippen MR) is 95.3 cm³/mol. The van der Waals surface area contributed by atoms with E-state index in [-0.39, 0.29) is 5.91 Å². The lowest BCUT2D eigenvalue weighted by molar-refractivity contribution is 0.0953. The first kappa shape index (κ1) is 16.2. The average Bonchev–Trinajstić information content (AvgIpc) is 2.86. The second kappa shape index (κ2) is 6.43. The standard InChI is InChI=1S/C19H22N4O/c1-11-5-6-18-15(9-11)10-17(12(2)21-18)19(24)20-8-7-16-13(3)22-23-14(16)4/h5-6,9-10H,7-8H2,1-4H3,(H,20,24)(H,22,23). The molecule has 0 radical (unpaired) electrons. The van der Waals surface area contributed by atoms with Crippen LogP contribution in [0.3, 0.4) is 0 Å². The van der Waals surface area contributed by atoms with E-state index >= 15 is 0 Å². The SMILES string of the molecule is Cc1ccc2nc(C)c(C(=O)NCCc3c(C)n[nH]c3C)cc2c1. The normalized spacial score (nSPS) is 11.0. The van der Waals surface area contributed by atoms with Gasteiger partial charge >= 0.3 is 0 Å². The number of aromatic nitrogens is 3. The molecule has 1 aromatic carbocycles. The molecule has 0 bridgehead atoms. The Hall–Kier alpha value is -2.69. The molecule has 1 amide bonds. The van der Waals surface area contributed by atoms with Gasteiger partial charge in [-0.15, -0.1) is 0 Å². The number of aryl methyl sites for hydroxylation is 4. The number of fused-ring (bicyclic) bond motifs is 1. The van der Waals surface area contributed by atoms with E-state index in [0.717, 1.165) is 40.0 Å². The van der Waals surface area contributed by atoms with Crippen molar-refractivity contribution in [3.8, 4) is 0 Å². The van der Waals surface area contributed by atoms with E-state index < -0.39 is 0 Å². The first-order valence-electron chi connectivity index (χ1n) is 8.12. The van der Waals surface area contributed by atoms with Gasteiger partial charge in [-0.25, -0.2) is 0 Å². The minimum absolute atomic E-state index is 0.0813. The molecule has 0 saturated heterocycles. The number of benzene rings is 1. The van der Waals surface area contributed by atoms with Gasteiger partial charge in [-0.2, -0.15) is 5.10 Å².